The molecule has 2 aromatic rings. The molecule has 2 aliphatic rings. The lowest BCUT2D eigenvalue weighted by atomic mass is 10.0. The van der Waals surface area contributed by atoms with E-state index in [2.05, 4.69) is 27.4 Å². The average Bonchev–Trinajstić information content (AvgIpc) is 3.30. The summed E-state index contributed by atoms with van der Waals surface area (Å²) in [6, 6.07) is 7.37. The Labute approximate surface area is 200 Å². The van der Waals surface area contributed by atoms with Gasteiger partial charge < -0.3 is 19.9 Å². The highest BCUT2D eigenvalue weighted by Gasteiger charge is 2.41. The van der Waals surface area contributed by atoms with E-state index in [0.717, 1.165) is 36.5 Å². The van der Waals surface area contributed by atoms with Crippen LogP contribution in [0.1, 0.15) is 59.8 Å². The zero-order valence-electron chi connectivity index (χ0n) is 20.6. The number of rotatable bonds is 5. The molecule has 34 heavy (non-hydrogen) atoms. The van der Waals surface area contributed by atoms with E-state index >= 15 is 0 Å². The van der Waals surface area contributed by atoms with Gasteiger partial charge in [0.25, 0.3) is 0 Å². The molecule has 9 nitrogen and oxygen atoms in total. The van der Waals surface area contributed by atoms with Crippen LogP contribution in [0.25, 0.3) is 0 Å². The van der Waals surface area contributed by atoms with Crippen molar-refractivity contribution in [3.8, 4) is 0 Å². The van der Waals surface area contributed by atoms with Crippen molar-refractivity contribution in [2.45, 2.75) is 77.5 Å². The van der Waals surface area contributed by atoms with E-state index in [1.54, 1.807) is 30.3 Å². The Morgan fingerprint density at radius 2 is 1.79 bits per heavy atom. The van der Waals surface area contributed by atoms with Crippen molar-refractivity contribution >= 4 is 40.8 Å². The van der Waals surface area contributed by atoms with Crippen molar-refractivity contribution in [3.05, 3.63) is 30.5 Å². The van der Waals surface area contributed by atoms with Crippen LogP contribution in [0.3, 0.4) is 0 Å². The van der Waals surface area contributed by atoms with Crippen LogP contribution in [0.5, 0.6) is 0 Å². The number of anilines is 5. The lowest BCUT2D eigenvalue weighted by Crippen LogP contribution is -2.55. The van der Waals surface area contributed by atoms with E-state index in [9.17, 15) is 9.59 Å². The number of hydrogen-bond donors (Lipinski definition) is 2. The van der Waals surface area contributed by atoms with E-state index in [1.807, 2.05) is 32.9 Å². The summed E-state index contributed by atoms with van der Waals surface area (Å²) < 4.78 is 5.29. The first-order valence-corrected chi connectivity index (χ1v) is 12.0. The van der Waals surface area contributed by atoms with Crippen LogP contribution in [0.4, 0.5) is 33.6 Å². The van der Waals surface area contributed by atoms with Gasteiger partial charge in [-0.05, 0) is 64.3 Å². The monoisotopic (exact) mass is 466 g/mol. The van der Waals surface area contributed by atoms with E-state index in [1.165, 1.54) is 12.8 Å². The van der Waals surface area contributed by atoms with Crippen LogP contribution in [-0.2, 0) is 9.53 Å². The number of ether oxygens (including phenoxy) is 1. The van der Waals surface area contributed by atoms with Crippen LogP contribution in [0.15, 0.2) is 30.5 Å². The molecule has 9 heteroatoms. The van der Waals surface area contributed by atoms with Crippen molar-refractivity contribution in [2.75, 3.05) is 27.5 Å². The first kappa shape index (κ1) is 23.8. The normalized spacial score (nSPS) is 18.6. The second-order valence-electron chi connectivity index (χ2n) is 9.90. The largest absolute Gasteiger partial charge is 0.444 e. The molecule has 0 spiro atoms. The molecule has 0 bridgehead atoms. The number of carbonyl (C=O) groups excluding carboxylic acids is 2. The molecule has 1 aliphatic heterocycles. The van der Waals surface area contributed by atoms with Gasteiger partial charge >= 0.3 is 6.09 Å². The number of likely N-dealkylation sites (N-methyl/N-ethyl adjacent to an activating group) is 1. The topological polar surface area (TPSA) is 99.7 Å². The van der Waals surface area contributed by atoms with Gasteiger partial charge in [-0.3, -0.25) is 10.1 Å². The fourth-order valence-corrected chi connectivity index (χ4v) is 4.63. The van der Waals surface area contributed by atoms with Crippen molar-refractivity contribution in [3.63, 3.8) is 0 Å². The summed E-state index contributed by atoms with van der Waals surface area (Å²) >= 11 is 0. The Hall–Kier alpha value is -3.36. The van der Waals surface area contributed by atoms with Crippen molar-refractivity contribution < 1.29 is 14.3 Å². The molecule has 2 amide bonds. The molecule has 0 unspecified atom stereocenters. The summed E-state index contributed by atoms with van der Waals surface area (Å²) in [6.07, 6.45) is 6.46. The molecule has 1 atom stereocenters. The van der Waals surface area contributed by atoms with Gasteiger partial charge in [0, 0.05) is 24.5 Å². The molecular formula is C25H34N6O3. The predicted molar refractivity (Wildman–Crippen MR) is 134 cm³/mol. The zero-order chi connectivity index (χ0) is 24.5. The number of amides is 2. The molecule has 1 fully saturated rings. The van der Waals surface area contributed by atoms with E-state index in [4.69, 9.17) is 9.72 Å². The van der Waals surface area contributed by atoms with Gasteiger partial charge in [-0.1, -0.05) is 19.8 Å². The van der Waals surface area contributed by atoms with Gasteiger partial charge in [-0.15, -0.1) is 0 Å². The second-order valence-corrected chi connectivity index (χ2v) is 9.90. The molecule has 2 N–H and O–H groups in total. The van der Waals surface area contributed by atoms with Crippen LogP contribution in [0.2, 0.25) is 0 Å². The quantitative estimate of drug-likeness (QED) is 0.634. The molecule has 1 saturated carbocycles. The van der Waals surface area contributed by atoms with Crippen LogP contribution < -0.4 is 20.4 Å². The number of carbonyl (C=O) groups is 2. The highest BCUT2D eigenvalue weighted by Crippen LogP contribution is 2.40. The van der Waals surface area contributed by atoms with Crippen molar-refractivity contribution in [2.24, 2.45) is 0 Å². The summed E-state index contributed by atoms with van der Waals surface area (Å²) in [5, 5.41) is 5.97. The van der Waals surface area contributed by atoms with Crippen LogP contribution in [-0.4, -0.2) is 46.7 Å². The zero-order valence-corrected chi connectivity index (χ0v) is 20.6. The second kappa shape index (κ2) is 9.48. The van der Waals surface area contributed by atoms with Crippen LogP contribution >= 0.6 is 0 Å². The van der Waals surface area contributed by atoms with Gasteiger partial charge in [0.15, 0.2) is 5.82 Å². The van der Waals surface area contributed by atoms with Gasteiger partial charge in [0.1, 0.15) is 17.3 Å². The van der Waals surface area contributed by atoms with E-state index in [0.29, 0.717) is 17.7 Å². The Kier molecular flexibility index (Phi) is 6.63. The molecule has 0 radical (unpaired) electrons. The minimum absolute atomic E-state index is 0.0966. The fourth-order valence-electron chi connectivity index (χ4n) is 4.63. The maximum Gasteiger partial charge on any atom is 0.412 e. The highest BCUT2D eigenvalue weighted by molar-refractivity contribution is 6.04. The Morgan fingerprint density at radius 3 is 2.41 bits per heavy atom. The van der Waals surface area contributed by atoms with Crippen molar-refractivity contribution in [1.82, 2.24) is 9.97 Å². The highest BCUT2D eigenvalue weighted by atomic mass is 16.6. The van der Waals surface area contributed by atoms with Gasteiger partial charge in [-0.2, -0.15) is 4.98 Å². The fraction of sp³-hybridized carbons (Fsp3) is 0.520. The maximum absolute atomic E-state index is 13.0. The smallest absolute Gasteiger partial charge is 0.412 e. The number of fused-ring (bicyclic) bond motifs is 1. The minimum atomic E-state index is -0.558. The first-order chi connectivity index (χ1) is 16.2. The van der Waals surface area contributed by atoms with Gasteiger partial charge in [-0.25, -0.2) is 9.78 Å². The summed E-state index contributed by atoms with van der Waals surface area (Å²) in [4.78, 5) is 38.2. The number of nitrogens with zero attached hydrogens (tertiary/aromatic N) is 4. The van der Waals surface area contributed by atoms with E-state index in [-0.39, 0.29) is 11.9 Å². The summed E-state index contributed by atoms with van der Waals surface area (Å²) in [5.41, 5.74) is 1.60. The number of nitrogens with one attached hydrogen (secondary N) is 2. The summed E-state index contributed by atoms with van der Waals surface area (Å²) in [5.74, 6) is 1.37. The lowest BCUT2D eigenvalue weighted by molar-refractivity contribution is -0.120. The van der Waals surface area contributed by atoms with Crippen LogP contribution in [0, 0.1) is 0 Å². The molecule has 4 rings (SSSR count). The molecule has 1 aliphatic carbocycles. The third-order valence-electron chi connectivity index (χ3n) is 6.20. The summed E-state index contributed by atoms with van der Waals surface area (Å²) in [6.45, 7) is 7.52. The molecule has 1 aromatic heterocycles. The molecule has 182 valence electrons. The third-order valence-corrected chi connectivity index (χ3v) is 6.20. The molecule has 0 saturated heterocycles. The first-order valence-electron chi connectivity index (χ1n) is 12.0. The Morgan fingerprint density at radius 1 is 1.15 bits per heavy atom. The molecule has 2 heterocycles. The van der Waals surface area contributed by atoms with Crippen molar-refractivity contribution in [1.29, 1.82) is 0 Å². The van der Waals surface area contributed by atoms with Gasteiger partial charge in [0.2, 0.25) is 11.9 Å². The standard InChI is InChI=1S/C25H34N6O3/c1-6-19-22(32)30(5)20-15-26-23(29-21(20)31(19)18-9-7-8-10-18)27-16-11-13-17(14-12-16)28-24(33)34-25(2,3)4/h11-15,18-19H,6-10H2,1-5H3,(H,28,33)(H,26,27,29)/t19-/m1/s1. The van der Waals surface area contributed by atoms with Gasteiger partial charge in [0.05, 0.1) is 6.20 Å². The third kappa shape index (κ3) is 5.08. The molecule has 1 aromatic carbocycles. The predicted octanol–water partition coefficient (Wildman–Crippen LogP) is 5.07. The molecular weight excluding hydrogens is 432 g/mol. The van der Waals surface area contributed by atoms with E-state index < -0.39 is 11.7 Å². The SMILES string of the molecule is CC[C@@H]1C(=O)N(C)c2cnc(Nc3ccc(NC(=O)OC(C)(C)C)cc3)nc2N1C1CCCC1. The minimum Gasteiger partial charge on any atom is -0.444 e. The maximum atomic E-state index is 13.0. The summed E-state index contributed by atoms with van der Waals surface area (Å²) in [7, 11) is 1.79. The number of hydrogen-bond acceptors (Lipinski definition) is 7. The Bertz CT molecular complexity index is 1040. The number of benzene rings is 1. The Balaban J connectivity index is 1.54. The number of aromatic nitrogens is 2. The lowest BCUT2D eigenvalue weighted by Gasteiger charge is -2.43. The average molecular weight is 467 g/mol.